The van der Waals surface area contributed by atoms with Crippen molar-refractivity contribution in [1.82, 2.24) is 15.5 Å². The predicted molar refractivity (Wildman–Crippen MR) is 102 cm³/mol. The third-order valence-corrected chi connectivity index (χ3v) is 4.76. The molecule has 0 aromatic heterocycles. The molecule has 1 aliphatic heterocycles. The standard InChI is InChI=1S/C21H23N3O3/c1-3-15-8-10-16(11-9-15)14(2)23-20(26)18-7-5-4-6-17(18)13-24-19(25)12-22-21(24)27/h4-11,14H,3,12-13H2,1-2H3,(H,22,27)(H,23,26). The molecular weight excluding hydrogens is 342 g/mol. The van der Waals surface area contributed by atoms with E-state index in [2.05, 4.69) is 29.7 Å². The zero-order chi connectivity index (χ0) is 19.4. The number of nitrogens with zero attached hydrogens (tertiary/aromatic N) is 1. The summed E-state index contributed by atoms with van der Waals surface area (Å²) in [6, 6.07) is 14.6. The van der Waals surface area contributed by atoms with Gasteiger partial charge < -0.3 is 10.6 Å². The lowest BCUT2D eigenvalue weighted by molar-refractivity contribution is -0.125. The number of hydrogen-bond donors (Lipinski definition) is 2. The van der Waals surface area contributed by atoms with E-state index >= 15 is 0 Å². The summed E-state index contributed by atoms with van der Waals surface area (Å²) in [6.45, 7) is 4.10. The molecule has 0 spiro atoms. The zero-order valence-electron chi connectivity index (χ0n) is 15.5. The molecule has 1 unspecified atom stereocenters. The second-order valence-corrected chi connectivity index (χ2v) is 6.59. The fourth-order valence-electron chi connectivity index (χ4n) is 3.07. The van der Waals surface area contributed by atoms with Gasteiger partial charge in [0, 0.05) is 5.56 Å². The summed E-state index contributed by atoms with van der Waals surface area (Å²) in [7, 11) is 0. The van der Waals surface area contributed by atoms with Crippen LogP contribution in [0.1, 0.15) is 46.9 Å². The van der Waals surface area contributed by atoms with Crippen LogP contribution >= 0.6 is 0 Å². The fraction of sp³-hybridized carbons (Fsp3) is 0.286. The Hall–Kier alpha value is -3.15. The Morgan fingerprint density at radius 3 is 2.48 bits per heavy atom. The van der Waals surface area contributed by atoms with Gasteiger partial charge >= 0.3 is 6.03 Å². The third kappa shape index (κ3) is 4.16. The summed E-state index contributed by atoms with van der Waals surface area (Å²) in [5.41, 5.74) is 3.36. The second kappa shape index (κ2) is 8.03. The molecule has 2 aromatic carbocycles. The van der Waals surface area contributed by atoms with Gasteiger partial charge in [-0.25, -0.2) is 4.79 Å². The van der Waals surface area contributed by atoms with Crippen LogP contribution < -0.4 is 10.6 Å². The smallest absolute Gasteiger partial charge is 0.324 e. The monoisotopic (exact) mass is 365 g/mol. The maximum absolute atomic E-state index is 12.8. The highest BCUT2D eigenvalue weighted by Gasteiger charge is 2.29. The molecule has 27 heavy (non-hydrogen) atoms. The van der Waals surface area contributed by atoms with Gasteiger partial charge in [0.1, 0.15) is 0 Å². The van der Waals surface area contributed by atoms with E-state index in [1.165, 1.54) is 5.56 Å². The first-order chi connectivity index (χ1) is 13.0. The number of carbonyl (C=O) groups excluding carboxylic acids is 3. The maximum atomic E-state index is 12.8. The van der Waals surface area contributed by atoms with Gasteiger partial charge in [0.15, 0.2) is 0 Å². The SMILES string of the molecule is CCc1ccc(C(C)NC(=O)c2ccccc2CN2C(=O)CNC2=O)cc1. The van der Waals surface area contributed by atoms with Gasteiger partial charge in [-0.1, -0.05) is 49.4 Å². The zero-order valence-corrected chi connectivity index (χ0v) is 15.5. The molecule has 2 N–H and O–H groups in total. The van der Waals surface area contributed by atoms with Crippen LogP contribution in [-0.2, 0) is 17.8 Å². The predicted octanol–water partition coefficient (Wildman–Crippen LogP) is 2.79. The number of nitrogens with one attached hydrogen (secondary N) is 2. The van der Waals surface area contributed by atoms with E-state index in [9.17, 15) is 14.4 Å². The van der Waals surface area contributed by atoms with Gasteiger partial charge in [-0.15, -0.1) is 0 Å². The van der Waals surface area contributed by atoms with Crippen molar-refractivity contribution in [2.75, 3.05) is 6.54 Å². The minimum atomic E-state index is -0.431. The number of aryl methyl sites for hydroxylation is 1. The lowest BCUT2D eigenvalue weighted by Crippen LogP contribution is -2.32. The van der Waals surface area contributed by atoms with Crippen LogP contribution in [0, 0.1) is 0 Å². The van der Waals surface area contributed by atoms with Crippen LogP contribution in [0.25, 0.3) is 0 Å². The summed E-state index contributed by atoms with van der Waals surface area (Å²) >= 11 is 0. The van der Waals surface area contributed by atoms with Crippen LogP contribution in [0.2, 0.25) is 0 Å². The average molecular weight is 365 g/mol. The lowest BCUT2D eigenvalue weighted by Gasteiger charge is -2.18. The molecule has 2 aromatic rings. The molecule has 3 rings (SSSR count). The van der Waals surface area contributed by atoms with Crippen molar-refractivity contribution in [3.05, 3.63) is 70.8 Å². The summed E-state index contributed by atoms with van der Waals surface area (Å²) in [6.07, 6.45) is 0.969. The van der Waals surface area contributed by atoms with E-state index in [1.807, 2.05) is 19.1 Å². The van der Waals surface area contributed by atoms with Crippen molar-refractivity contribution in [3.8, 4) is 0 Å². The van der Waals surface area contributed by atoms with Crippen molar-refractivity contribution in [1.29, 1.82) is 0 Å². The van der Waals surface area contributed by atoms with Crippen molar-refractivity contribution in [2.45, 2.75) is 32.9 Å². The van der Waals surface area contributed by atoms with Crippen LogP contribution in [-0.4, -0.2) is 29.3 Å². The first-order valence-corrected chi connectivity index (χ1v) is 9.05. The number of amides is 4. The van der Waals surface area contributed by atoms with E-state index in [0.29, 0.717) is 11.1 Å². The van der Waals surface area contributed by atoms with Gasteiger partial charge in [-0.05, 0) is 36.1 Å². The highest BCUT2D eigenvalue weighted by molar-refractivity contribution is 6.02. The molecule has 0 radical (unpaired) electrons. The highest BCUT2D eigenvalue weighted by atomic mass is 16.2. The largest absolute Gasteiger partial charge is 0.346 e. The Balaban J connectivity index is 1.74. The first kappa shape index (κ1) is 18.6. The first-order valence-electron chi connectivity index (χ1n) is 9.05. The molecular formula is C21H23N3O3. The van der Waals surface area contributed by atoms with Crippen molar-refractivity contribution in [2.24, 2.45) is 0 Å². The third-order valence-electron chi connectivity index (χ3n) is 4.76. The molecule has 0 aliphatic carbocycles. The number of benzene rings is 2. The van der Waals surface area contributed by atoms with Crippen LogP contribution in [0.5, 0.6) is 0 Å². The van der Waals surface area contributed by atoms with Crippen LogP contribution in [0.3, 0.4) is 0 Å². The normalized spacial score (nSPS) is 14.8. The molecule has 1 fully saturated rings. The van der Waals surface area contributed by atoms with Crippen LogP contribution in [0.15, 0.2) is 48.5 Å². The Bertz CT molecular complexity index is 845. The minimum absolute atomic E-state index is 0.00200. The van der Waals surface area contributed by atoms with Crippen molar-refractivity contribution < 1.29 is 14.4 Å². The van der Waals surface area contributed by atoms with Gasteiger partial charge in [0.2, 0.25) is 5.91 Å². The molecule has 1 atom stereocenters. The van der Waals surface area contributed by atoms with E-state index in [-0.39, 0.29) is 30.9 Å². The fourth-order valence-corrected chi connectivity index (χ4v) is 3.07. The van der Waals surface area contributed by atoms with Gasteiger partial charge in [-0.3, -0.25) is 14.5 Å². The summed E-state index contributed by atoms with van der Waals surface area (Å²) in [5.74, 6) is -0.524. The van der Waals surface area contributed by atoms with Crippen molar-refractivity contribution in [3.63, 3.8) is 0 Å². The maximum Gasteiger partial charge on any atom is 0.324 e. The minimum Gasteiger partial charge on any atom is -0.346 e. The Labute approximate surface area is 158 Å². The van der Waals surface area contributed by atoms with Gasteiger partial charge in [-0.2, -0.15) is 0 Å². The molecule has 4 amide bonds. The topological polar surface area (TPSA) is 78.5 Å². The highest BCUT2D eigenvalue weighted by Crippen LogP contribution is 2.18. The molecule has 1 aliphatic rings. The number of carbonyl (C=O) groups is 3. The van der Waals surface area contributed by atoms with Crippen LogP contribution in [0.4, 0.5) is 4.79 Å². The quantitative estimate of drug-likeness (QED) is 0.773. The Kier molecular flexibility index (Phi) is 5.54. The molecule has 0 bridgehead atoms. The molecule has 1 heterocycles. The number of urea groups is 1. The lowest BCUT2D eigenvalue weighted by atomic mass is 10.0. The van der Waals surface area contributed by atoms with Gasteiger partial charge in [0.25, 0.3) is 5.91 Å². The number of hydrogen-bond acceptors (Lipinski definition) is 3. The van der Waals surface area contributed by atoms with Crippen molar-refractivity contribution >= 4 is 17.8 Å². The van der Waals surface area contributed by atoms with E-state index in [1.54, 1.807) is 24.3 Å². The Morgan fingerprint density at radius 1 is 1.15 bits per heavy atom. The number of imide groups is 1. The van der Waals surface area contributed by atoms with Gasteiger partial charge in [0.05, 0.1) is 19.1 Å². The Morgan fingerprint density at radius 2 is 1.85 bits per heavy atom. The van der Waals surface area contributed by atoms with E-state index in [4.69, 9.17) is 0 Å². The molecule has 6 heteroatoms. The summed E-state index contributed by atoms with van der Waals surface area (Å²) in [5, 5.41) is 5.48. The molecule has 1 saturated heterocycles. The second-order valence-electron chi connectivity index (χ2n) is 6.59. The summed E-state index contributed by atoms with van der Waals surface area (Å²) < 4.78 is 0. The molecule has 0 saturated carbocycles. The molecule has 6 nitrogen and oxygen atoms in total. The number of rotatable bonds is 6. The average Bonchev–Trinajstić information content (AvgIpc) is 3.00. The summed E-state index contributed by atoms with van der Waals surface area (Å²) in [4.78, 5) is 37.5. The van der Waals surface area contributed by atoms with E-state index in [0.717, 1.165) is 16.9 Å². The molecule has 140 valence electrons. The van der Waals surface area contributed by atoms with E-state index < -0.39 is 6.03 Å².